The Morgan fingerprint density at radius 3 is 2.31 bits per heavy atom. The molecular formula is C35H52FN3O8S. The number of amides is 1. The van der Waals surface area contributed by atoms with Crippen molar-refractivity contribution in [3.05, 3.63) is 47.3 Å². The number of sulfonamides is 1. The molecule has 5 atom stereocenters. The molecule has 0 unspecified atom stereocenters. The Balaban J connectivity index is 1.71. The molecule has 2 fully saturated rings. The number of piperazine rings is 1. The first-order valence-corrected chi connectivity index (χ1v) is 18.5. The highest BCUT2D eigenvalue weighted by atomic mass is 32.2. The van der Waals surface area contributed by atoms with Crippen molar-refractivity contribution in [2.45, 2.75) is 71.2 Å². The molecule has 2 aliphatic heterocycles. The Bertz CT molecular complexity index is 1390. The van der Waals surface area contributed by atoms with Gasteiger partial charge in [0.05, 0.1) is 12.4 Å². The molecule has 1 amide bonds. The molecule has 2 heterocycles. The van der Waals surface area contributed by atoms with Gasteiger partial charge in [0.2, 0.25) is 10.0 Å². The van der Waals surface area contributed by atoms with Gasteiger partial charge in [-0.2, -0.15) is 0 Å². The number of halogens is 1. The van der Waals surface area contributed by atoms with E-state index in [1.807, 2.05) is 27.0 Å². The molecule has 1 aromatic rings. The number of nitrogens with zero attached hydrogens (tertiary/aromatic N) is 3. The minimum Gasteiger partial charge on any atom is -0.490 e. The number of rotatable bonds is 16. The summed E-state index contributed by atoms with van der Waals surface area (Å²) in [7, 11) is -1.27. The zero-order valence-electron chi connectivity index (χ0n) is 28.8. The Morgan fingerprint density at radius 1 is 1.04 bits per heavy atom. The van der Waals surface area contributed by atoms with Gasteiger partial charge in [0.25, 0.3) is 0 Å². The summed E-state index contributed by atoms with van der Waals surface area (Å²) in [6, 6.07) is 4.35. The van der Waals surface area contributed by atoms with Crippen molar-refractivity contribution in [1.29, 1.82) is 0 Å². The Hall–Kier alpha value is -3.13. The predicted molar refractivity (Wildman–Crippen MR) is 182 cm³/mol. The molecule has 3 rings (SSSR count). The van der Waals surface area contributed by atoms with E-state index in [-0.39, 0.29) is 24.4 Å². The lowest BCUT2D eigenvalue weighted by Crippen LogP contribution is -2.48. The van der Waals surface area contributed by atoms with E-state index in [9.17, 15) is 32.3 Å². The van der Waals surface area contributed by atoms with Gasteiger partial charge in [0.1, 0.15) is 36.3 Å². The molecule has 2 aliphatic rings. The van der Waals surface area contributed by atoms with Gasteiger partial charge in [-0.05, 0) is 75.3 Å². The van der Waals surface area contributed by atoms with E-state index in [1.165, 1.54) is 22.7 Å². The first-order valence-electron chi connectivity index (χ1n) is 16.7. The largest absolute Gasteiger partial charge is 0.490 e. The molecule has 2 saturated heterocycles. The van der Waals surface area contributed by atoms with Gasteiger partial charge in [-0.25, -0.2) is 21.9 Å². The fraction of sp³-hybridized carbons (Fsp3) is 0.629. The van der Waals surface area contributed by atoms with Gasteiger partial charge in [0.15, 0.2) is 0 Å². The maximum absolute atomic E-state index is 14.6. The van der Waals surface area contributed by atoms with Gasteiger partial charge in [0, 0.05) is 57.7 Å². The minimum atomic E-state index is -3.27. The van der Waals surface area contributed by atoms with Crippen molar-refractivity contribution in [3.8, 4) is 5.75 Å². The fourth-order valence-corrected chi connectivity index (χ4v) is 6.87. The number of hydrogen-bond acceptors (Lipinski definition) is 9. The van der Waals surface area contributed by atoms with Gasteiger partial charge >= 0.3 is 6.09 Å². The average Bonchev–Trinajstić information content (AvgIpc) is 3.02. The molecule has 13 heteroatoms. The zero-order valence-corrected chi connectivity index (χ0v) is 29.6. The zero-order chi connectivity index (χ0) is 35.4. The maximum Gasteiger partial charge on any atom is 0.410 e. The number of aldehydes is 2. The van der Waals surface area contributed by atoms with Crippen LogP contribution in [0.5, 0.6) is 5.75 Å². The standard InChI is InChI=1S/C35H52FN3O8S/c1-25(7-9-34(26(2)6-8-30(42)12-19-40)47-35(43)38-17-15-37(4)16-18-38)33(24-41)27(3)20-28-21-29(36)23-32(22-28)46-31-10-13-39(14-11-31)48(5,44)45/h7,9,19-26,30-31,33-34,42H,6,8,10-18H2,1-5H3/b9-7+,27-20+/t25-,26-,30+,33-,34-/m0/s1. The summed E-state index contributed by atoms with van der Waals surface area (Å²) in [5.74, 6) is -1.16. The number of piperidine rings is 1. The van der Waals surface area contributed by atoms with Crippen LogP contribution in [0.2, 0.25) is 0 Å². The highest BCUT2D eigenvalue weighted by Crippen LogP contribution is 2.28. The Kier molecular flexibility index (Phi) is 15.2. The van der Waals surface area contributed by atoms with Crippen molar-refractivity contribution in [1.82, 2.24) is 14.1 Å². The van der Waals surface area contributed by atoms with E-state index >= 15 is 0 Å². The van der Waals surface area contributed by atoms with Crippen LogP contribution < -0.4 is 4.74 Å². The van der Waals surface area contributed by atoms with E-state index in [2.05, 4.69) is 4.90 Å². The minimum absolute atomic E-state index is 0.0433. The lowest BCUT2D eigenvalue weighted by molar-refractivity contribution is -0.111. The number of aliphatic hydroxyl groups excluding tert-OH is 1. The summed E-state index contributed by atoms with van der Waals surface area (Å²) < 4.78 is 51.6. The fourth-order valence-electron chi connectivity index (χ4n) is 5.99. The molecule has 0 bridgehead atoms. The van der Waals surface area contributed by atoms with Crippen molar-refractivity contribution in [2.24, 2.45) is 17.8 Å². The predicted octanol–water partition coefficient (Wildman–Crippen LogP) is 4.16. The Morgan fingerprint density at radius 2 is 1.71 bits per heavy atom. The monoisotopic (exact) mass is 693 g/mol. The molecule has 0 aromatic heterocycles. The van der Waals surface area contributed by atoms with Gasteiger partial charge < -0.3 is 34.0 Å². The van der Waals surface area contributed by atoms with Crippen LogP contribution in [0.15, 0.2) is 35.9 Å². The average molecular weight is 694 g/mol. The van der Waals surface area contributed by atoms with Crippen LogP contribution in [0.25, 0.3) is 6.08 Å². The number of likely N-dealkylation sites (N-methyl/N-ethyl adjacent to an activating group) is 1. The van der Waals surface area contributed by atoms with Gasteiger partial charge in [-0.3, -0.25) is 0 Å². The summed E-state index contributed by atoms with van der Waals surface area (Å²) in [4.78, 5) is 40.0. The van der Waals surface area contributed by atoms with Crippen LogP contribution in [0, 0.1) is 23.6 Å². The third kappa shape index (κ3) is 12.4. The molecule has 0 spiro atoms. The summed E-state index contributed by atoms with van der Waals surface area (Å²) >= 11 is 0. The number of benzene rings is 1. The molecule has 11 nitrogen and oxygen atoms in total. The van der Waals surface area contributed by atoms with E-state index in [4.69, 9.17) is 9.47 Å². The molecule has 1 aromatic carbocycles. The number of allylic oxidation sites excluding steroid dienone is 2. The smallest absolute Gasteiger partial charge is 0.410 e. The number of carbonyl (C=O) groups excluding carboxylic acids is 3. The van der Waals surface area contributed by atoms with E-state index in [0.29, 0.717) is 75.0 Å². The van der Waals surface area contributed by atoms with Crippen molar-refractivity contribution in [3.63, 3.8) is 0 Å². The summed E-state index contributed by atoms with van der Waals surface area (Å²) in [6.07, 6.45) is 7.97. The highest BCUT2D eigenvalue weighted by Gasteiger charge is 2.28. The number of carbonyl (C=O) groups is 3. The third-order valence-corrected chi connectivity index (χ3v) is 10.5. The highest BCUT2D eigenvalue weighted by molar-refractivity contribution is 7.88. The molecule has 0 saturated carbocycles. The van der Waals surface area contributed by atoms with Crippen molar-refractivity contribution >= 4 is 34.8 Å². The van der Waals surface area contributed by atoms with E-state index < -0.39 is 40.1 Å². The second-order valence-electron chi connectivity index (χ2n) is 13.2. The summed E-state index contributed by atoms with van der Waals surface area (Å²) in [5.41, 5.74) is 1.23. The molecule has 0 radical (unpaired) electrons. The van der Waals surface area contributed by atoms with Gasteiger partial charge in [-0.15, -0.1) is 0 Å². The van der Waals surface area contributed by atoms with Crippen LogP contribution in [0.3, 0.4) is 0 Å². The number of aliphatic hydroxyl groups is 1. The molecule has 0 aliphatic carbocycles. The van der Waals surface area contributed by atoms with Crippen LogP contribution in [0.1, 0.15) is 58.4 Å². The molecular weight excluding hydrogens is 641 g/mol. The molecule has 48 heavy (non-hydrogen) atoms. The normalized spacial score (nSPS) is 20.6. The second-order valence-corrected chi connectivity index (χ2v) is 15.2. The lowest BCUT2D eigenvalue weighted by atomic mass is 9.86. The first-order chi connectivity index (χ1) is 22.7. The summed E-state index contributed by atoms with van der Waals surface area (Å²) in [5, 5.41) is 10.1. The van der Waals surface area contributed by atoms with Crippen LogP contribution >= 0.6 is 0 Å². The molecule has 1 N–H and O–H groups in total. The third-order valence-electron chi connectivity index (χ3n) is 9.19. The van der Waals surface area contributed by atoms with E-state index in [1.54, 1.807) is 30.0 Å². The lowest BCUT2D eigenvalue weighted by Gasteiger charge is -2.33. The van der Waals surface area contributed by atoms with Crippen molar-refractivity contribution in [2.75, 3.05) is 52.6 Å². The topological polar surface area (TPSA) is 134 Å². The first kappa shape index (κ1) is 39.3. The summed E-state index contributed by atoms with van der Waals surface area (Å²) in [6.45, 7) is 8.90. The quantitative estimate of drug-likeness (QED) is 0.200. The maximum atomic E-state index is 14.6. The van der Waals surface area contributed by atoms with Gasteiger partial charge in [-0.1, -0.05) is 31.6 Å². The van der Waals surface area contributed by atoms with Crippen LogP contribution in [0.4, 0.5) is 9.18 Å². The molecule has 268 valence electrons. The van der Waals surface area contributed by atoms with Crippen molar-refractivity contribution < 1.29 is 41.8 Å². The number of hydrogen-bond donors (Lipinski definition) is 1. The van der Waals surface area contributed by atoms with E-state index in [0.717, 1.165) is 19.4 Å². The Labute approximate surface area is 284 Å². The van der Waals surface area contributed by atoms with Crippen LogP contribution in [-0.4, -0.2) is 117 Å². The second kappa shape index (κ2) is 18.6. The number of ether oxygens (including phenoxy) is 2. The SMILES string of the molecule is C/C(=C\c1cc(F)cc(OC2CCN(S(C)(=O)=O)CC2)c1)[C@@H](C=O)[C@@H](C)/C=C/[C@H](OC(=O)N1CCN(C)CC1)[C@@H](C)CC[C@@H](O)CC=O. The van der Waals surface area contributed by atoms with Crippen LogP contribution in [-0.2, 0) is 24.3 Å².